The molecule has 1 atom stereocenters. The lowest BCUT2D eigenvalue weighted by Gasteiger charge is -2.28. The second kappa shape index (κ2) is 6.76. The molecule has 0 aliphatic heterocycles. The minimum atomic E-state index is 0.185. The highest BCUT2D eigenvalue weighted by Crippen LogP contribution is 2.29. The van der Waals surface area contributed by atoms with Crippen LogP contribution in [0.2, 0.25) is 0 Å². The van der Waals surface area contributed by atoms with Crippen molar-refractivity contribution in [2.45, 2.75) is 72.8 Å². The van der Waals surface area contributed by atoms with Crippen LogP contribution in [0.5, 0.6) is 0 Å². The minimum absolute atomic E-state index is 0.185. The van der Waals surface area contributed by atoms with Crippen molar-refractivity contribution in [1.82, 2.24) is 5.32 Å². The van der Waals surface area contributed by atoms with Crippen molar-refractivity contribution in [1.29, 1.82) is 0 Å². The smallest absolute Gasteiger partial charge is 0.00967 e. The number of nitrogens with one attached hydrogen (secondary N) is 1. The molecule has 1 aromatic carbocycles. The van der Waals surface area contributed by atoms with E-state index in [2.05, 4.69) is 78.0 Å². The molecular weight excluding hydrogens is 242 g/mol. The van der Waals surface area contributed by atoms with Crippen LogP contribution >= 0.6 is 0 Å². The highest BCUT2D eigenvalue weighted by Gasteiger charge is 2.19. The summed E-state index contributed by atoms with van der Waals surface area (Å²) in [5.41, 5.74) is 3.40. The molecule has 1 N–H and O–H groups in total. The van der Waals surface area contributed by atoms with Gasteiger partial charge < -0.3 is 5.32 Å². The van der Waals surface area contributed by atoms with Crippen LogP contribution in [0.3, 0.4) is 0 Å². The highest BCUT2D eigenvalue weighted by molar-refractivity contribution is 5.25. The van der Waals surface area contributed by atoms with Crippen LogP contribution in [-0.2, 0) is 0 Å². The minimum Gasteiger partial charge on any atom is -0.311 e. The van der Waals surface area contributed by atoms with Crippen molar-refractivity contribution in [2.24, 2.45) is 5.41 Å². The van der Waals surface area contributed by atoms with E-state index in [1.165, 1.54) is 24.0 Å². The third kappa shape index (κ3) is 7.09. The summed E-state index contributed by atoms with van der Waals surface area (Å²) in [6, 6.07) is 9.06. The summed E-state index contributed by atoms with van der Waals surface area (Å²) in [6.45, 7) is 16.9. The van der Waals surface area contributed by atoms with E-state index in [4.69, 9.17) is 0 Å². The highest BCUT2D eigenvalue weighted by atomic mass is 14.9. The molecule has 0 radical (unpaired) electrons. The van der Waals surface area contributed by atoms with Crippen molar-refractivity contribution in [2.75, 3.05) is 6.54 Å². The lowest BCUT2D eigenvalue weighted by atomic mass is 9.84. The fourth-order valence-corrected chi connectivity index (χ4v) is 2.26. The maximum absolute atomic E-state index is 3.67. The first kappa shape index (κ1) is 17.2. The van der Waals surface area contributed by atoms with Gasteiger partial charge in [-0.05, 0) is 57.4 Å². The van der Waals surface area contributed by atoms with Gasteiger partial charge in [-0.2, -0.15) is 0 Å². The molecule has 1 unspecified atom stereocenters. The molecule has 0 saturated carbocycles. The first-order chi connectivity index (χ1) is 9.07. The van der Waals surface area contributed by atoms with Crippen molar-refractivity contribution in [3.8, 4) is 0 Å². The molecule has 0 spiro atoms. The van der Waals surface area contributed by atoms with Gasteiger partial charge in [-0.15, -0.1) is 0 Å². The van der Waals surface area contributed by atoms with Crippen LogP contribution < -0.4 is 5.32 Å². The van der Waals surface area contributed by atoms with Gasteiger partial charge in [0.15, 0.2) is 0 Å². The van der Waals surface area contributed by atoms with E-state index < -0.39 is 0 Å². The first-order valence-corrected chi connectivity index (χ1v) is 7.88. The van der Waals surface area contributed by atoms with Gasteiger partial charge in [-0.25, -0.2) is 0 Å². The molecule has 0 aliphatic carbocycles. The molecular formula is C19H33N. The van der Waals surface area contributed by atoms with Gasteiger partial charge in [0.2, 0.25) is 0 Å². The summed E-state index contributed by atoms with van der Waals surface area (Å²) >= 11 is 0. The average Bonchev–Trinajstić information content (AvgIpc) is 2.28. The number of aryl methyl sites for hydroxylation is 1. The number of benzene rings is 1. The summed E-state index contributed by atoms with van der Waals surface area (Å²) < 4.78 is 0. The molecule has 0 aliphatic rings. The van der Waals surface area contributed by atoms with E-state index in [1.54, 1.807) is 0 Å². The number of hydrogen-bond donors (Lipinski definition) is 1. The summed E-state index contributed by atoms with van der Waals surface area (Å²) in [4.78, 5) is 0. The van der Waals surface area contributed by atoms with Crippen molar-refractivity contribution in [3.05, 3.63) is 35.4 Å². The SMILES string of the molecule is Cc1ccc(C(CCC(C)(C)C)CNC(C)(C)C)cc1. The Kier molecular flexibility index (Phi) is 5.82. The zero-order chi connectivity index (χ0) is 15.4. The zero-order valence-corrected chi connectivity index (χ0v) is 14.5. The van der Waals surface area contributed by atoms with Gasteiger partial charge in [0.1, 0.15) is 0 Å². The third-order valence-electron chi connectivity index (χ3n) is 3.67. The van der Waals surface area contributed by atoms with E-state index in [9.17, 15) is 0 Å². The van der Waals surface area contributed by atoms with E-state index in [-0.39, 0.29) is 5.54 Å². The van der Waals surface area contributed by atoms with E-state index in [0.717, 1.165) is 6.54 Å². The zero-order valence-electron chi connectivity index (χ0n) is 14.5. The summed E-state index contributed by atoms with van der Waals surface area (Å²) in [6.07, 6.45) is 2.51. The van der Waals surface area contributed by atoms with Gasteiger partial charge in [-0.1, -0.05) is 50.6 Å². The Bertz CT molecular complexity index is 371. The molecule has 1 aromatic rings. The Morgan fingerprint density at radius 1 is 0.950 bits per heavy atom. The van der Waals surface area contributed by atoms with Gasteiger partial charge in [0.25, 0.3) is 0 Å². The monoisotopic (exact) mass is 275 g/mol. The second-order valence-corrected chi connectivity index (χ2v) is 8.34. The Morgan fingerprint density at radius 2 is 1.50 bits per heavy atom. The van der Waals surface area contributed by atoms with Crippen LogP contribution in [0, 0.1) is 12.3 Å². The first-order valence-electron chi connectivity index (χ1n) is 7.88. The fraction of sp³-hybridized carbons (Fsp3) is 0.684. The summed E-state index contributed by atoms with van der Waals surface area (Å²) in [5, 5.41) is 3.67. The molecule has 20 heavy (non-hydrogen) atoms. The molecule has 0 saturated heterocycles. The van der Waals surface area contributed by atoms with Crippen molar-refractivity contribution < 1.29 is 0 Å². The van der Waals surface area contributed by atoms with Crippen molar-refractivity contribution in [3.63, 3.8) is 0 Å². The second-order valence-electron chi connectivity index (χ2n) is 8.34. The molecule has 0 bridgehead atoms. The van der Waals surface area contributed by atoms with E-state index >= 15 is 0 Å². The van der Waals surface area contributed by atoms with Crippen LogP contribution in [0.15, 0.2) is 24.3 Å². The number of rotatable bonds is 5. The van der Waals surface area contributed by atoms with Gasteiger partial charge in [0, 0.05) is 12.1 Å². The average molecular weight is 275 g/mol. The predicted molar refractivity (Wildman–Crippen MR) is 90.4 cm³/mol. The van der Waals surface area contributed by atoms with Gasteiger partial charge in [0.05, 0.1) is 0 Å². The summed E-state index contributed by atoms with van der Waals surface area (Å²) in [5.74, 6) is 0.606. The van der Waals surface area contributed by atoms with E-state index in [0.29, 0.717) is 11.3 Å². The standard InChI is InChI=1S/C19H33N/c1-15-8-10-16(11-9-15)17(12-13-18(2,3)4)14-20-19(5,6)7/h8-11,17,20H,12-14H2,1-7H3. The Morgan fingerprint density at radius 3 is 1.95 bits per heavy atom. The Hall–Kier alpha value is -0.820. The lowest BCUT2D eigenvalue weighted by molar-refractivity contribution is 0.330. The normalized spacial score (nSPS) is 14.3. The van der Waals surface area contributed by atoms with Gasteiger partial charge >= 0.3 is 0 Å². The molecule has 1 nitrogen and oxygen atoms in total. The topological polar surface area (TPSA) is 12.0 Å². The molecule has 0 aromatic heterocycles. The van der Waals surface area contributed by atoms with E-state index in [1.807, 2.05) is 0 Å². The maximum atomic E-state index is 3.67. The van der Waals surface area contributed by atoms with Crippen LogP contribution in [0.25, 0.3) is 0 Å². The quantitative estimate of drug-likeness (QED) is 0.769. The largest absolute Gasteiger partial charge is 0.311 e. The van der Waals surface area contributed by atoms with Crippen molar-refractivity contribution >= 4 is 0 Å². The lowest BCUT2D eigenvalue weighted by Crippen LogP contribution is -2.38. The molecule has 0 fully saturated rings. The third-order valence-corrected chi connectivity index (χ3v) is 3.67. The predicted octanol–water partition coefficient (Wildman–Crippen LogP) is 5.29. The molecule has 0 heterocycles. The van der Waals surface area contributed by atoms with Crippen LogP contribution in [-0.4, -0.2) is 12.1 Å². The maximum Gasteiger partial charge on any atom is 0.00967 e. The Balaban J connectivity index is 2.75. The fourth-order valence-electron chi connectivity index (χ4n) is 2.26. The van der Waals surface area contributed by atoms with Crippen LogP contribution in [0.1, 0.15) is 71.4 Å². The summed E-state index contributed by atoms with van der Waals surface area (Å²) in [7, 11) is 0. The molecule has 0 amide bonds. The Labute approximate surface area is 126 Å². The molecule has 114 valence electrons. The van der Waals surface area contributed by atoms with Crippen LogP contribution in [0.4, 0.5) is 0 Å². The number of hydrogen-bond acceptors (Lipinski definition) is 1. The van der Waals surface area contributed by atoms with Gasteiger partial charge in [-0.3, -0.25) is 0 Å². The molecule has 1 rings (SSSR count). The molecule has 1 heteroatoms.